The van der Waals surface area contributed by atoms with Gasteiger partial charge in [-0.25, -0.2) is 18.0 Å². The highest BCUT2D eigenvalue weighted by Gasteiger charge is 2.20. The predicted octanol–water partition coefficient (Wildman–Crippen LogP) is 2.06. The number of ether oxygens (including phenoxy) is 2. The van der Waals surface area contributed by atoms with E-state index >= 15 is 0 Å². The van der Waals surface area contributed by atoms with Crippen LogP contribution in [0.2, 0.25) is 0 Å². The molecule has 0 fully saturated rings. The van der Waals surface area contributed by atoms with Crippen molar-refractivity contribution in [3.8, 4) is 0 Å². The topological polar surface area (TPSA) is 116 Å². The lowest BCUT2D eigenvalue weighted by Gasteiger charge is -2.09. The average molecular weight is 405 g/mol. The molecule has 0 aliphatic heterocycles. The normalized spacial score (nSPS) is 10.8. The van der Waals surface area contributed by atoms with Crippen LogP contribution in [0, 0.1) is 0 Å². The Balaban J connectivity index is 1.96. The zero-order valence-corrected chi connectivity index (χ0v) is 16.1. The van der Waals surface area contributed by atoms with Crippen LogP contribution in [-0.2, 0) is 24.1 Å². The van der Waals surface area contributed by atoms with E-state index in [0.717, 1.165) is 6.26 Å². The van der Waals surface area contributed by atoms with Crippen LogP contribution in [-0.4, -0.2) is 45.7 Å². The van der Waals surface area contributed by atoms with Crippen LogP contribution in [0.4, 0.5) is 5.69 Å². The van der Waals surface area contributed by atoms with Crippen molar-refractivity contribution in [3.63, 3.8) is 0 Å². The highest BCUT2D eigenvalue weighted by atomic mass is 32.2. The van der Waals surface area contributed by atoms with Gasteiger partial charge in [0.1, 0.15) is 0 Å². The zero-order valence-electron chi connectivity index (χ0n) is 15.3. The standard InChI is InChI=1S/C19H19NO7S/c1-3-26-18(22)13-8-10-14(11-9-13)20-17(21)12-27-19(23)15-6-4-5-7-16(15)28(2,24)25/h4-11H,3,12H2,1-2H3,(H,20,21). The number of amides is 1. The molecule has 9 heteroatoms. The molecule has 0 saturated heterocycles. The third-order valence-electron chi connectivity index (χ3n) is 3.52. The fourth-order valence-corrected chi connectivity index (χ4v) is 3.15. The number of esters is 2. The summed E-state index contributed by atoms with van der Waals surface area (Å²) < 4.78 is 33.2. The van der Waals surface area contributed by atoms with Gasteiger partial charge in [0, 0.05) is 11.9 Å². The SMILES string of the molecule is CCOC(=O)c1ccc(NC(=O)COC(=O)c2ccccc2S(C)(=O)=O)cc1. The lowest BCUT2D eigenvalue weighted by Crippen LogP contribution is -2.21. The van der Waals surface area contributed by atoms with Crippen LogP contribution < -0.4 is 5.32 Å². The van der Waals surface area contributed by atoms with Gasteiger partial charge in [0.15, 0.2) is 16.4 Å². The molecule has 28 heavy (non-hydrogen) atoms. The minimum atomic E-state index is -3.62. The Morgan fingerprint density at radius 2 is 1.57 bits per heavy atom. The average Bonchev–Trinajstić information content (AvgIpc) is 2.66. The first kappa shape index (κ1) is 21.1. The van der Waals surface area contributed by atoms with Crippen molar-refractivity contribution >= 4 is 33.4 Å². The van der Waals surface area contributed by atoms with Gasteiger partial charge in [0.25, 0.3) is 5.91 Å². The molecule has 0 unspecified atom stereocenters. The summed E-state index contributed by atoms with van der Waals surface area (Å²) in [5.74, 6) is -2.01. The van der Waals surface area contributed by atoms with Crippen molar-refractivity contribution in [2.75, 3.05) is 24.8 Å². The summed E-state index contributed by atoms with van der Waals surface area (Å²) >= 11 is 0. The first-order chi connectivity index (χ1) is 13.2. The monoisotopic (exact) mass is 405 g/mol. The Morgan fingerprint density at radius 1 is 0.929 bits per heavy atom. The van der Waals surface area contributed by atoms with E-state index in [0.29, 0.717) is 11.3 Å². The molecule has 0 bridgehead atoms. The summed E-state index contributed by atoms with van der Waals surface area (Å²) in [5, 5.41) is 2.51. The summed E-state index contributed by atoms with van der Waals surface area (Å²) in [4.78, 5) is 35.5. The van der Waals surface area contributed by atoms with Gasteiger partial charge in [-0.1, -0.05) is 12.1 Å². The number of hydrogen-bond acceptors (Lipinski definition) is 7. The third-order valence-corrected chi connectivity index (χ3v) is 4.68. The maximum atomic E-state index is 12.1. The van der Waals surface area contributed by atoms with Gasteiger partial charge in [-0.3, -0.25) is 4.79 Å². The van der Waals surface area contributed by atoms with E-state index < -0.39 is 34.3 Å². The maximum Gasteiger partial charge on any atom is 0.339 e. The van der Waals surface area contributed by atoms with Crippen LogP contribution in [0.3, 0.4) is 0 Å². The number of rotatable bonds is 7. The number of carbonyl (C=O) groups excluding carboxylic acids is 3. The number of nitrogens with one attached hydrogen (secondary N) is 1. The highest BCUT2D eigenvalue weighted by molar-refractivity contribution is 7.90. The van der Waals surface area contributed by atoms with E-state index in [1.165, 1.54) is 48.5 Å². The molecule has 0 aliphatic rings. The van der Waals surface area contributed by atoms with Crippen LogP contribution in [0.15, 0.2) is 53.4 Å². The van der Waals surface area contributed by atoms with Crippen LogP contribution >= 0.6 is 0 Å². The molecule has 0 aromatic heterocycles. The van der Waals surface area contributed by atoms with E-state index in [1.807, 2.05) is 0 Å². The van der Waals surface area contributed by atoms with Gasteiger partial charge in [-0.15, -0.1) is 0 Å². The molecule has 2 rings (SSSR count). The molecule has 0 spiro atoms. The summed E-state index contributed by atoms with van der Waals surface area (Å²) in [7, 11) is -3.62. The molecule has 0 heterocycles. The Hall–Kier alpha value is -3.20. The summed E-state index contributed by atoms with van der Waals surface area (Å²) in [6.07, 6.45) is 0.978. The van der Waals surface area contributed by atoms with E-state index in [2.05, 4.69) is 5.32 Å². The number of benzene rings is 2. The lowest BCUT2D eigenvalue weighted by atomic mass is 10.2. The quantitative estimate of drug-likeness (QED) is 0.701. The second-order valence-electron chi connectivity index (χ2n) is 5.69. The van der Waals surface area contributed by atoms with Gasteiger partial charge in [-0.2, -0.15) is 0 Å². The van der Waals surface area contributed by atoms with Crippen molar-refractivity contribution in [3.05, 3.63) is 59.7 Å². The molecular formula is C19H19NO7S. The Morgan fingerprint density at radius 3 is 2.18 bits per heavy atom. The number of sulfone groups is 1. The van der Waals surface area contributed by atoms with E-state index in [4.69, 9.17) is 9.47 Å². The highest BCUT2D eigenvalue weighted by Crippen LogP contribution is 2.16. The molecule has 1 amide bonds. The van der Waals surface area contributed by atoms with Crippen molar-refractivity contribution in [2.24, 2.45) is 0 Å². The Bertz CT molecular complexity index is 982. The first-order valence-corrected chi connectivity index (χ1v) is 10.1. The van der Waals surface area contributed by atoms with Crippen LogP contribution in [0.25, 0.3) is 0 Å². The molecule has 0 saturated carbocycles. The third kappa shape index (κ3) is 5.65. The molecule has 2 aromatic carbocycles. The van der Waals surface area contributed by atoms with E-state index in [1.54, 1.807) is 6.92 Å². The second kappa shape index (κ2) is 9.14. The Labute approximate surface area is 162 Å². The van der Waals surface area contributed by atoms with Gasteiger partial charge in [0.2, 0.25) is 0 Å². The van der Waals surface area contributed by atoms with Gasteiger partial charge in [-0.05, 0) is 43.3 Å². The molecule has 2 aromatic rings. The fraction of sp³-hybridized carbons (Fsp3) is 0.211. The zero-order chi connectivity index (χ0) is 20.7. The molecule has 148 valence electrons. The number of hydrogen-bond donors (Lipinski definition) is 1. The van der Waals surface area contributed by atoms with Crippen molar-refractivity contribution < 1.29 is 32.3 Å². The minimum absolute atomic E-state index is 0.142. The summed E-state index contributed by atoms with van der Waals surface area (Å²) in [5.41, 5.74) is 0.589. The summed E-state index contributed by atoms with van der Waals surface area (Å²) in [6, 6.07) is 11.6. The number of carbonyl (C=O) groups is 3. The van der Waals surface area contributed by atoms with Crippen molar-refractivity contribution in [1.82, 2.24) is 0 Å². The van der Waals surface area contributed by atoms with Crippen molar-refractivity contribution in [1.29, 1.82) is 0 Å². The van der Waals surface area contributed by atoms with E-state index in [9.17, 15) is 22.8 Å². The molecule has 0 atom stereocenters. The fourth-order valence-electron chi connectivity index (χ4n) is 2.27. The van der Waals surface area contributed by atoms with Crippen molar-refractivity contribution in [2.45, 2.75) is 11.8 Å². The first-order valence-electron chi connectivity index (χ1n) is 8.25. The lowest BCUT2D eigenvalue weighted by molar-refractivity contribution is -0.119. The van der Waals surface area contributed by atoms with Crippen LogP contribution in [0.1, 0.15) is 27.6 Å². The largest absolute Gasteiger partial charge is 0.462 e. The minimum Gasteiger partial charge on any atom is -0.462 e. The van der Waals surface area contributed by atoms with Crippen LogP contribution in [0.5, 0.6) is 0 Å². The molecule has 0 aliphatic carbocycles. The summed E-state index contributed by atoms with van der Waals surface area (Å²) in [6.45, 7) is 1.35. The predicted molar refractivity (Wildman–Crippen MR) is 101 cm³/mol. The maximum absolute atomic E-state index is 12.1. The molecule has 1 N–H and O–H groups in total. The van der Waals surface area contributed by atoms with Gasteiger partial charge in [0.05, 0.1) is 22.6 Å². The van der Waals surface area contributed by atoms with E-state index in [-0.39, 0.29) is 17.1 Å². The second-order valence-corrected chi connectivity index (χ2v) is 7.67. The smallest absolute Gasteiger partial charge is 0.339 e. The van der Waals surface area contributed by atoms with Gasteiger partial charge >= 0.3 is 11.9 Å². The van der Waals surface area contributed by atoms with Gasteiger partial charge < -0.3 is 14.8 Å². The molecule has 0 radical (unpaired) electrons. The Kier molecular flexibility index (Phi) is 6.89. The molecular weight excluding hydrogens is 386 g/mol. The number of anilines is 1. The molecule has 8 nitrogen and oxygen atoms in total.